The van der Waals surface area contributed by atoms with Crippen molar-refractivity contribution in [3.05, 3.63) is 0 Å². The van der Waals surface area contributed by atoms with E-state index >= 15 is 0 Å². The molecule has 0 saturated heterocycles. The zero-order valence-electron chi connectivity index (χ0n) is 12.5. The molecule has 0 amide bonds. The first kappa shape index (κ1) is 17.2. The minimum absolute atomic E-state index is 0.0588. The smallest absolute Gasteiger partial charge is 0.214 e. The second-order valence-electron chi connectivity index (χ2n) is 5.83. The molecule has 1 rings (SSSR count). The van der Waals surface area contributed by atoms with Crippen LogP contribution in [0.25, 0.3) is 0 Å². The first-order valence-corrected chi connectivity index (χ1v) is 8.93. The number of hydrogen-bond donors (Lipinski definition) is 2. The highest BCUT2D eigenvalue weighted by molar-refractivity contribution is 7.89. The topological polar surface area (TPSA) is 96.0 Å². The molecule has 0 radical (unpaired) electrons. The van der Waals surface area contributed by atoms with Gasteiger partial charge in [-0.2, -0.15) is 4.31 Å². The average Bonchev–Trinajstić information content (AvgIpc) is 2.38. The third-order valence-electron chi connectivity index (χ3n) is 3.82. The lowest BCUT2D eigenvalue weighted by Gasteiger charge is -2.29. The van der Waals surface area contributed by atoms with Crippen molar-refractivity contribution in [2.24, 2.45) is 16.8 Å². The lowest BCUT2D eigenvalue weighted by molar-refractivity contribution is 0.312. The summed E-state index contributed by atoms with van der Waals surface area (Å²) in [5, 5.41) is 11.4. The molecule has 1 aliphatic carbocycles. The first-order chi connectivity index (χ1) is 9.36. The van der Waals surface area contributed by atoms with Gasteiger partial charge in [-0.15, -0.1) is 0 Å². The molecule has 1 fully saturated rings. The van der Waals surface area contributed by atoms with E-state index in [1.165, 1.54) is 10.7 Å². The molecule has 0 aliphatic heterocycles. The number of hydrogen-bond acceptors (Lipinski definition) is 4. The highest BCUT2D eigenvalue weighted by atomic mass is 32.2. The molecule has 0 aromatic rings. The normalized spacial score (nSPS) is 18.9. The van der Waals surface area contributed by atoms with Gasteiger partial charge in [0.05, 0.1) is 5.75 Å². The number of rotatable bonds is 7. The van der Waals surface area contributed by atoms with Crippen LogP contribution in [0.2, 0.25) is 0 Å². The molecule has 0 spiro atoms. The number of nitrogens with zero attached hydrogens (tertiary/aromatic N) is 2. The number of amidine groups is 1. The Morgan fingerprint density at radius 1 is 1.35 bits per heavy atom. The summed E-state index contributed by atoms with van der Waals surface area (Å²) in [7, 11) is -3.28. The highest BCUT2D eigenvalue weighted by Gasteiger charge is 2.28. The largest absolute Gasteiger partial charge is 0.409 e. The van der Waals surface area contributed by atoms with Crippen molar-refractivity contribution in [3.8, 4) is 0 Å². The maximum atomic E-state index is 12.5. The Hall–Kier alpha value is -0.820. The van der Waals surface area contributed by atoms with Gasteiger partial charge in [0.25, 0.3) is 0 Å². The van der Waals surface area contributed by atoms with Crippen molar-refractivity contribution in [1.82, 2.24) is 4.31 Å². The fourth-order valence-corrected chi connectivity index (χ4v) is 4.87. The van der Waals surface area contributed by atoms with Crippen LogP contribution in [0.4, 0.5) is 0 Å². The highest BCUT2D eigenvalue weighted by Crippen LogP contribution is 2.26. The molecular weight excluding hydrogens is 278 g/mol. The van der Waals surface area contributed by atoms with Crippen molar-refractivity contribution >= 4 is 15.9 Å². The SMILES string of the molecule is CC(C)N(CCC(N)=NO)S(=O)(=O)CC1CCCCC1. The summed E-state index contributed by atoms with van der Waals surface area (Å²) >= 11 is 0. The molecule has 118 valence electrons. The molecule has 20 heavy (non-hydrogen) atoms. The summed E-state index contributed by atoms with van der Waals surface area (Å²) in [4.78, 5) is 0. The molecular formula is C13H27N3O3S. The Labute approximate surface area is 122 Å². The number of oxime groups is 1. The maximum Gasteiger partial charge on any atom is 0.214 e. The van der Waals surface area contributed by atoms with Crippen LogP contribution in [-0.2, 0) is 10.0 Å². The average molecular weight is 305 g/mol. The van der Waals surface area contributed by atoms with E-state index in [9.17, 15) is 8.42 Å². The van der Waals surface area contributed by atoms with Crippen LogP contribution < -0.4 is 5.73 Å². The molecule has 0 heterocycles. The van der Waals surface area contributed by atoms with Gasteiger partial charge in [0, 0.05) is 19.0 Å². The third kappa shape index (κ3) is 5.28. The van der Waals surface area contributed by atoms with E-state index in [-0.39, 0.29) is 36.5 Å². The molecule has 6 nitrogen and oxygen atoms in total. The lowest BCUT2D eigenvalue weighted by atomic mass is 9.91. The van der Waals surface area contributed by atoms with Crippen LogP contribution in [0, 0.1) is 5.92 Å². The summed E-state index contributed by atoms with van der Waals surface area (Å²) in [5.41, 5.74) is 5.43. The van der Waals surface area contributed by atoms with Crippen molar-refractivity contribution in [3.63, 3.8) is 0 Å². The van der Waals surface area contributed by atoms with E-state index in [0.29, 0.717) is 0 Å². The number of sulfonamides is 1. The van der Waals surface area contributed by atoms with Crippen LogP contribution in [0.15, 0.2) is 5.16 Å². The van der Waals surface area contributed by atoms with Crippen molar-refractivity contribution in [2.45, 2.75) is 58.4 Å². The van der Waals surface area contributed by atoms with E-state index < -0.39 is 10.0 Å². The Morgan fingerprint density at radius 2 is 1.95 bits per heavy atom. The molecule has 0 bridgehead atoms. The molecule has 1 saturated carbocycles. The minimum atomic E-state index is -3.28. The van der Waals surface area contributed by atoms with Crippen LogP contribution in [-0.4, -0.2) is 42.1 Å². The third-order valence-corrected chi connectivity index (χ3v) is 6.03. The zero-order valence-corrected chi connectivity index (χ0v) is 13.3. The maximum absolute atomic E-state index is 12.5. The molecule has 7 heteroatoms. The first-order valence-electron chi connectivity index (χ1n) is 7.32. The molecule has 0 atom stereocenters. The second kappa shape index (κ2) is 7.83. The van der Waals surface area contributed by atoms with Crippen molar-refractivity contribution < 1.29 is 13.6 Å². The van der Waals surface area contributed by atoms with Crippen LogP contribution in [0.5, 0.6) is 0 Å². The summed E-state index contributed by atoms with van der Waals surface area (Å²) in [6.07, 6.45) is 5.74. The van der Waals surface area contributed by atoms with Crippen LogP contribution >= 0.6 is 0 Å². The summed E-state index contributed by atoms with van der Waals surface area (Å²) in [5.74, 6) is 0.559. The fourth-order valence-electron chi connectivity index (χ4n) is 2.74. The predicted octanol–water partition coefficient (Wildman–Crippen LogP) is 1.74. The Kier molecular flexibility index (Phi) is 6.75. The summed E-state index contributed by atoms with van der Waals surface area (Å²) in [6.45, 7) is 3.97. The quantitative estimate of drug-likeness (QED) is 0.324. The summed E-state index contributed by atoms with van der Waals surface area (Å²) < 4.78 is 26.5. The predicted molar refractivity (Wildman–Crippen MR) is 80.2 cm³/mol. The number of nitrogens with two attached hydrogens (primary N) is 1. The van der Waals surface area contributed by atoms with E-state index in [0.717, 1.165) is 25.7 Å². The van der Waals surface area contributed by atoms with Gasteiger partial charge in [-0.05, 0) is 32.6 Å². The van der Waals surface area contributed by atoms with Gasteiger partial charge >= 0.3 is 0 Å². The van der Waals surface area contributed by atoms with Gasteiger partial charge in [-0.3, -0.25) is 0 Å². The Bertz CT molecular complexity index is 415. The Morgan fingerprint density at radius 3 is 2.45 bits per heavy atom. The van der Waals surface area contributed by atoms with E-state index in [1.54, 1.807) is 0 Å². The van der Waals surface area contributed by atoms with Gasteiger partial charge in [-0.25, -0.2) is 8.42 Å². The lowest BCUT2D eigenvalue weighted by Crippen LogP contribution is -2.42. The van der Waals surface area contributed by atoms with Gasteiger partial charge in [-0.1, -0.05) is 24.4 Å². The molecule has 0 aromatic heterocycles. The molecule has 0 unspecified atom stereocenters. The second-order valence-corrected chi connectivity index (χ2v) is 7.79. The standard InChI is InChI=1S/C13H27N3O3S/c1-11(2)16(9-8-13(14)15-17)20(18,19)10-12-6-4-3-5-7-12/h11-12,17H,3-10H2,1-2H3,(H2,14,15). The molecule has 1 aliphatic rings. The van der Waals surface area contributed by atoms with Crippen LogP contribution in [0.1, 0.15) is 52.4 Å². The van der Waals surface area contributed by atoms with E-state index in [1.807, 2.05) is 13.8 Å². The van der Waals surface area contributed by atoms with Gasteiger partial charge in [0.2, 0.25) is 10.0 Å². The monoisotopic (exact) mass is 305 g/mol. The minimum Gasteiger partial charge on any atom is -0.409 e. The van der Waals surface area contributed by atoms with Gasteiger partial charge < -0.3 is 10.9 Å². The fraction of sp³-hybridized carbons (Fsp3) is 0.923. The van der Waals surface area contributed by atoms with Gasteiger partial charge in [0.15, 0.2) is 0 Å². The van der Waals surface area contributed by atoms with Gasteiger partial charge in [0.1, 0.15) is 5.84 Å². The van der Waals surface area contributed by atoms with Crippen LogP contribution in [0.3, 0.4) is 0 Å². The molecule has 0 aromatic carbocycles. The van der Waals surface area contributed by atoms with Crippen molar-refractivity contribution in [2.75, 3.05) is 12.3 Å². The van der Waals surface area contributed by atoms with Crippen molar-refractivity contribution in [1.29, 1.82) is 0 Å². The molecule has 3 N–H and O–H groups in total. The summed E-state index contributed by atoms with van der Waals surface area (Å²) in [6, 6.07) is -0.116. The zero-order chi connectivity index (χ0) is 15.2. The Balaban J connectivity index is 2.67. The van der Waals surface area contributed by atoms with E-state index in [2.05, 4.69) is 5.16 Å². The van der Waals surface area contributed by atoms with E-state index in [4.69, 9.17) is 10.9 Å².